The summed E-state index contributed by atoms with van der Waals surface area (Å²) < 4.78 is 0. The molecular weight excluding hydrogens is 372 g/mol. The molecule has 2 amide bonds. The first-order valence-electron chi connectivity index (χ1n) is 8.90. The zero-order chi connectivity index (χ0) is 19.7. The highest BCUT2D eigenvalue weighted by Crippen LogP contribution is 2.31. The highest BCUT2D eigenvalue weighted by molar-refractivity contribution is 7.13. The van der Waals surface area contributed by atoms with Gasteiger partial charge in [0.05, 0.1) is 11.4 Å². The van der Waals surface area contributed by atoms with Gasteiger partial charge in [-0.3, -0.25) is 9.59 Å². The van der Waals surface area contributed by atoms with Crippen LogP contribution in [0, 0.1) is 0 Å². The summed E-state index contributed by atoms with van der Waals surface area (Å²) >= 11 is 1.62. The van der Waals surface area contributed by atoms with Crippen LogP contribution in [-0.2, 0) is 10.3 Å². The lowest BCUT2D eigenvalue weighted by atomic mass is 9.89. The van der Waals surface area contributed by atoms with Crippen LogP contribution in [0.1, 0.15) is 22.3 Å². The molecule has 4 rings (SSSR count). The van der Waals surface area contributed by atoms with Crippen LogP contribution in [0.15, 0.2) is 60.0 Å². The van der Waals surface area contributed by atoms with E-state index in [1.54, 1.807) is 41.7 Å². The standard InChI is InChI=1S/C21H20N4O2S/c22-16-8-5-14(18-2-1-11-28-18)12-17(16)25-19(26)13-3-6-15(7-4-13)21(23)9-10-24-20(21)27/h1-8,11-12H,9-10,22-23H2,(H,24,27)(H,25,26). The molecule has 28 heavy (non-hydrogen) atoms. The molecule has 6 nitrogen and oxygen atoms in total. The van der Waals surface area contributed by atoms with Gasteiger partial charge in [-0.15, -0.1) is 11.3 Å². The van der Waals surface area contributed by atoms with Crippen LogP contribution in [0.4, 0.5) is 11.4 Å². The van der Waals surface area contributed by atoms with Crippen molar-refractivity contribution >= 4 is 34.5 Å². The smallest absolute Gasteiger partial charge is 0.255 e. The van der Waals surface area contributed by atoms with Crippen LogP contribution in [0.25, 0.3) is 10.4 Å². The lowest BCUT2D eigenvalue weighted by Crippen LogP contribution is -2.43. The minimum Gasteiger partial charge on any atom is -0.397 e. The van der Waals surface area contributed by atoms with Gasteiger partial charge in [0.2, 0.25) is 5.91 Å². The first kappa shape index (κ1) is 18.2. The van der Waals surface area contributed by atoms with Crippen molar-refractivity contribution in [1.29, 1.82) is 0 Å². The molecule has 0 saturated carbocycles. The van der Waals surface area contributed by atoms with E-state index in [2.05, 4.69) is 10.6 Å². The number of nitrogens with two attached hydrogens (primary N) is 2. The van der Waals surface area contributed by atoms with Gasteiger partial charge in [0.1, 0.15) is 5.54 Å². The predicted molar refractivity (Wildman–Crippen MR) is 112 cm³/mol. The second kappa shape index (κ2) is 7.10. The molecule has 1 atom stereocenters. The molecule has 1 aromatic heterocycles. The summed E-state index contributed by atoms with van der Waals surface area (Å²) in [7, 11) is 0. The van der Waals surface area contributed by atoms with Gasteiger partial charge >= 0.3 is 0 Å². The summed E-state index contributed by atoms with van der Waals surface area (Å²) in [5.74, 6) is -0.466. The molecule has 3 aromatic rings. The number of hydrogen-bond acceptors (Lipinski definition) is 5. The van der Waals surface area contributed by atoms with E-state index in [9.17, 15) is 9.59 Å². The van der Waals surface area contributed by atoms with Crippen molar-refractivity contribution in [2.24, 2.45) is 5.73 Å². The number of nitrogens with one attached hydrogen (secondary N) is 2. The summed E-state index contributed by atoms with van der Waals surface area (Å²) in [5, 5.41) is 7.61. The van der Waals surface area contributed by atoms with Crippen LogP contribution >= 0.6 is 11.3 Å². The number of carbonyl (C=O) groups excluding carboxylic acids is 2. The normalized spacial score (nSPS) is 18.7. The van der Waals surface area contributed by atoms with Crippen LogP contribution in [0.2, 0.25) is 0 Å². The van der Waals surface area contributed by atoms with E-state index >= 15 is 0 Å². The van der Waals surface area contributed by atoms with E-state index in [1.807, 2.05) is 29.6 Å². The molecule has 6 N–H and O–H groups in total. The van der Waals surface area contributed by atoms with Crippen molar-refractivity contribution in [2.45, 2.75) is 12.0 Å². The third-order valence-electron chi connectivity index (χ3n) is 4.98. The first-order valence-corrected chi connectivity index (χ1v) is 9.78. The second-order valence-corrected chi connectivity index (χ2v) is 7.74. The topological polar surface area (TPSA) is 110 Å². The average molecular weight is 392 g/mol. The summed E-state index contributed by atoms with van der Waals surface area (Å²) in [6, 6.07) is 16.4. The SMILES string of the molecule is Nc1ccc(-c2cccs2)cc1NC(=O)c1ccc(C2(N)CCNC2=O)cc1. The van der Waals surface area contributed by atoms with Crippen LogP contribution in [0.5, 0.6) is 0 Å². The Hall–Kier alpha value is -3.16. The number of nitrogen functional groups attached to an aromatic ring is 1. The van der Waals surface area contributed by atoms with Gasteiger partial charge in [-0.2, -0.15) is 0 Å². The molecule has 1 aliphatic rings. The van der Waals surface area contributed by atoms with Crippen molar-refractivity contribution in [2.75, 3.05) is 17.6 Å². The minimum atomic E-state index is -1.03. The van der Waals surface area contributed by atoms with Gasteiger partial charge in [0.15, 0.2) is 0 Å². The zero-order valence-corrected chi connectivity index (χ0v) is 15.9. The molecule has 0 spiro atoms. The van der Waals surface area contributed by atoms with Crippen molar-refractivity contribution in [3.8, 4) is 10.4 Å². The Morgan fingerprint density at radius 1 is 1.14 bits per heavy atom. The average Bonchev–Trinajstić information content (AvgIpc) is 3.35. The number of anilines is 2. The molecule has 142 valence electrons. The number of hydrogen-bond donors (Lipinski definition) is 4. The second-order valence-electron chi connectivity index (χ2n) is 6.79. The first-order chi connectivity index (χ1) is 13.5. The molecule has 7 heteroatoms. The third kappa shape index (κ3) is 3.26. The summed E-state index contributed by atoms with van der Waals surface area (Å²) in [4.78, 5) is 25.8. The number of carbonyl (C=O) groups is 2. The molecule has 0 bridgehead atoms. The van der Waals surface area contributed by atoms with Gasteiger partial charge in [0.25, 0.3) is 5.91 Å². The fourth-order valence-electron chi connectivity index (χ4n) is 3.29. The highest BCUT2D eigenvalue weighted by Gasteiger charge is 2.40. The molecule has 1 fully saturated rings. The molecule has 0 aliphatic carbocycles. The minimum absolute atomic E-state index is 0.192. The maximum Gasteiger partial charge on any atom is 0.255 e. The quantitative estimate of drug-likeness (QED) is 0.512. The van der Waals surface area contributed by atoms with Crippen LogP contribution in [0.3, 0.4) is 0 Å². The Kier molecular flexibility index (Phi) is 4.62. The molecule has 1 unspecified atom stereocenters. The Morgan fingerprint density at radius 2 is 1.93 bits per heavy atom. The van der Waals surface area contributed by atoms with Crippen molar-refractivity contribution in [3.05, 3.63) is 71.1 Å². The fraction of sp³-hybridized carbons (Fsp3) is 0.143. The van der Waals surface area contributed by atoms with E-state index in [4.69, 9.17) is 11.5 Å². The maximum atomic E-state index is 12.7. The molecule has 2 heterocycles. The Balaban J connectivity index is 1.54. The molecule has 2 aromatic carbocycles. The van der Waals surface area contributed by atoms with Crippen molar-refractivity contribution < 1.29 is 9.59 Å². The summed E-state index contributed by atoms with van der Waals surface area (Å²) in [6.45, 7) is 0.553. The molecule has 1 saturated heterocycles. The number of benzene rings is 2. The summed E-state index contributed by atoms with van der Waals surface area (Å²) in [5.41, 5.74) is 14.4. The van der Waals surface area contributed by atoms with E-state index in [-0.39, 0.29) is 11.8 Å². The van der Waals surface area contributed by atoms with Crippen LogP contribution in [-0.4, -0.2) is 18.4 Å². The lowest BCUT2D eigenvalue weighted by Gasteiger charge is -2.21. The van der Waals surface area contributed by atoms with Gasteiger partial charge in [-0.05, 0) is 53.3 Å². The monoisotopic (exact) mass is 392 g/mol. The van der Waals surface area contributed by atoms with Crippen molar-refractivity contribution in [3.63, 3.8) is 0 Å². The van der Waals surface area contributed by atoms with Crippen LogP contribution < -0.4 is 22.1 Å². The Bertz CT molecular complexity index is 1030. The Morgan fingerprint density at radius 3 is 2.57 bits per heavy atom. The fourth-order valence-corrected chi connectivity index (χ4v) is 4.02. The third-order valence-corrected chi connectivity index (χ3v) is 5.90. The van der Waals surface area contributed by atoms with Gasteiger partial charge in [-0.1, -0.05) is 24.3 Å². The summed E-state index contributed by atoms with van der Waals surface area (Å²) in [6.07, 6.45) is 0.531. The number of rotatable bonds is 4. The lowest BCUT2D eigenvalue weighted by molar-refractivity contribution is -0.123. The van der Waals surface area contributed by atoms with Gasteiger partial charge in [0, 0.05) is 17.0 Å². The van der Waals surface area contributed by atoms with Gasteiger partial charge < -0.3 is 22.1 Å². The molecule has 1 aliphatic heterocycles. The number of amides is 2. The largest absolute Gasteiger partial charge is 0.397 e. The van der Waals surface area contributed by atoms with Gasteiger partial charge in [-0.25, -0.2) is 0 Å². The van der Waals surface area contributed by atoms with E-state index < -0.39 is 5.54 Å². The Labute approximate surface area is 166 Å². The number of thiophene rings is 1. The predicted octanol–water partition coefficient (Wildman–Crippen LogP) is 2.92. The molecule has 0 radical (unpaired) electrons. The molecular formula is C21H20N4O2S. The van der Waals surface area contributed by atoms with Crippen molar-refractivity contribution in [1.82, 2.24) is 5.32 Å². The maximum absolute atomic E-state index is 12.7. The van der Waals surface area contributed by atoms with E-state index in [1.165, 1.54) is 0 Å². The van der Waals surface area contributed by atoms with E-state index in [0.717, 1.165) is 10.4 Å². The zero-order valence-electron chi connectivity index (χ0n) is 15.1. The van der Waals surface area contributed by atoms with E-state index in [0.29, 0.717) is 35.5 Å². The highest BCUT2D eigenvalue weighted by atomic mass is 32.1.